The topological polar surface area (TPSA) is 72.5 Å². The van der Waals surface area contributed by atoms with E-state index in [1.165, 1.54) is 18.7 Å². The van der Waals surface area contributed by atoms with Gasteiger partial charge in [-0.2, -0.15) is 8.78 Å². The number of halogens is 2. The molecule has 2 N–H and O–H groups in total. The van der Waals surface area contributed by atoms with Crippen molar-refractivity contribution in [3.8, 4) is 5.88 Å². The molecule has 1 aromatic heterocycles. The maximum atomic E-state index is 12.1. The molecule has 8 heteroatoms. The SMILES string of the molecule is O=C(NCc1ccnc(OC(F)F)c1)N[C@@H]1COC2(CCC2)C1. The van der Waals surface area contributed by atoms with Crippen LogP contribution in [0.2, 0.25) is 0 Å². The number of ether oxygens (including phenoxy) is 2. The number of carbonyl (C=O) groups is 1. The minimum atomic E-state index is -2.92. The molecular formula is C15H19F2N3O3. The Morgan fingerprint density at radius 2 is 2.35 bits per heavy atom. The summed E-state index contributed by atoms with van der Waals surface area (Å²) < 4.78 is 34.3. The third-order valence-electron chi connectivity index (χ3n) is 4.27. The van der Waals surface area contributed by atoms with Crippen molar-refractivity contribution in [1.82, 2.24) is 15.6 Å². The van der Waals surface area contributed by atoms with Gasteiger partial charge < -0.3 is 20.1 Å². The van der Waals surface area contributed by atoms with Gasteiger partial charge in [0.1, 0.15) is 0 Å². The van der Waals surface area contributed by atoms with E-state index in [-0.39, 0.29) is 30.1 Å². The number of hydrogen-bond donors (Lipinski definition) is 2. The van der Waals surface area contributed by atoms with Gasteiger partial charge in [0.2, 0.25) is 5.88 Å². The van der Waals surface area contributed by atoms with E-state index in [1.807, 2.05) is 0 Å². The molecule has 2 fully saturated rings. The highest BCUT2D eigenvalue weighted by molar-refractivity contribution is 5.74. The second-order valence-corrected chi connectivity index (χ2v) is 5.96. The van der Waals surface area contributed by atoms with Crippen molar-refractivity contribution in [1.29, 1.82) is 0 Å². The van der Waals surface area contributed by atoms with E-state index < -0.39 is 6.61 Å². The van der Waals surface area contributed by atoms with Crippen molar-refractivity contribution in [3.05, 3.63) is 23.9 Å². The average molecular weight is 327 g/mol. The zero-order valence-electron chi connectivity index (χ0n) is 12.6. The summed E-state index contributed by atoms with van der Waals surface area (Å²) in [6.45, 7) is -2.18. The summed E-state index contributed by atoms with van der Waals surface area (Å²) in [4.78, 5) is 15.6. The summed E-state index contributed by atoms with van der Waals surface area (Å²) in [5.74, 6) is -0.171. The smallest absolute Gasteiger partial charge is 0.388 e. The van der Waals surface area contributed by atoms with Crippen LogP contribution in [0, 0.1) is 0 Å². The van der Waals surface area contributed by atoms with E-state index in [0.29, 0.717) is 12.2 Å². The fraction of sp³-hybridized carbons (Fsp3) is 0.600. The zero-order valence-corrected chi connectivity index (χ0v) is 12.6. The van der Waals surface area contributed by atoms with Gasteiger partial charge in [0.05, 0.1) is 18.2 Å². The van der Waals surface area contributed by atoms with E-state index in [9.17, 15) is 13.6 Å². The van der Waals surface area contributed by atoms with Crippen LogP contribution in [0.25, 0.3) is 0 Å². The first-order valence-electron chi connectivity index (χ1n) is 7.63. The number of pyridine rings is 1. The maximum absolute atomic E-state index is 12.1. The van der Waals surface area contributed by atoms with E-state index in [1.54, 1.807) is 6.07 Å². The largest absolute Gasteiger partial charge is 0.417 e. The lowest BCUT2D eigenvalue weighted by molar-refractivity contribution is -0.0563. The van der Waals surface area contributed by atoms with Crippen LogP contribution in [0.15, 0.2) is 18.3 Å². The summed E-state index contributed by atoms with van der Waals surface area (Å²) in [6.07, 6.45) is 5.53. The molecule has 0 bridgehead atoms. The highest BCUT2D eigenvalue weighted by atomic mass is 19.3. The number of amides is 2. The number of rotatable bonds is 5. The Labute approximate surface area is 132 Å². The fourth-order valence-electron chi connectivity index (χ4n) is 2.99. The van der Waals surface area contributed by atoms with Crippen LogP contribution in [-0.2, 0) is 11.3 Å². The van der Waals surface area contributed by atoms with Crippen molar-refractivity contribution in [3.63, 3.8) is 0 Å². The van der Waals surface area contributed by atoms with Gasteiger partial charge in [-0.3, -0.25) is 0 Å². The van der Waals surface area contributed by atoms with Crippen molar-refractivity contribution < 1.29 is 23.0 Å². The summed E-state index contributed by atoms with van der Waals surface area (Å²) in [6, 6.07) is 2.71. The first kappa shape index (κ1) is 15.9. The number of hydrogen-bond acceptors (Lipinski definition) is 4. The van der Waals surface area contributed by atoms with Gasteiger partial charge in [0, 0.05) is 18.8 Å². The van der Waals surface area contributed by atoms with Crippen LogP contribution >= 0.6 is 0 Å². The second-order valence-electron chi connectivity index (χ2n) is 5.96. The van der Waals surface area contributed by atoms with Gasteiger partial charge in [0.25, 0.3) is 0 Å². The molecule has 2 aliphatic rings. The van der Waals surface area contributed by atoms with E-state index >= 15 is 0 Å². The van der Waals surface area contributed by atoms with Crippen LogP contribution in [0.4, 0.5) is 13.6 Å². The lowest BCUT2D eigenvalue weighted by Gasteiger charge is -2.37. The van der Waals surface area contributed by atoms with Crippen molar-refractivity contribution >= 4 is 6.03 Å². The summed E-state index contributed by atoms with van der Waals surface area (Å²) in [7, 11) is 0. The molecule has 2 amide bonds. The van der Waals surface area contributed by atoms with E-state index in [0.717, 1.165) is 19.3 Å². The summed E-state index contributed by atoms with van der Waals surface area (Å²) in [5, 5.41) is 5.57. The third-order valence-corrected chi connectivity index (χ3v) is 4.27. The predicted molar refractivity (Wildman–Crippen MR) is 77.2 cm³/mol. The quantitative estimate of drug-likeness (QED) is 0.869. The Balaban J connectivity index is 1.44. The first-order valence-corrected chi connectivity index (χ1v) is 7.63. The van der Waals surface area contributed by atoms with Gasteiger partial charge in [-0.25, -0.2) is 9.78 Å². The van der Waals surface area contributed by atoms with Crippen LogP contribution < -0.4 is 15.4 Å². The molecule has 1 aliphatic heterocycles. The van der Waals surface area contributed by atoms with E-state index in [2.05, 4.69) is 20.4 Å². The molecule has 0 unspecified atom stereocenters. The molecule has 1 saturated carbocycles. The Morgan fingerprint density at radius 3 is 3.00 bits per heavy atom. The van der Waals surface area contributed by atoms with Gasteiger partial charge in [-0.15, -0.1) is 0 Å². The predicted octanol–water partition coefficient (Wildman–Crippen LogP) is 2.19. The van der Waals surface area contributed by atoms with Gasteiger partial charge in [-0.1, -0.05) is 0 Å². The maximum Gasteiger partial charge on any atom is 0.388 e. The van der Waals surface area contributed by atoms with Crippen LogP contribution in [0.5, 0.6) is 5.88 Å². The van der Waals surface area contributed by atoms with Gasteiger partial charge in [0.15, 0.2) is 0 Å². The number of nitrogens with zero attached hydrogens (tertiary/aromatic N) is 1. The molecular weight excluding hydrogens is 308 g/mol. The number of nitrogens with one attached hydrogen (secondary N) is 2. The Hall–Kier alpha value is -1.96. The first-order chi connectivity index (χ1) is 11.0. The second kappa shape index (κ2) is 6.66. The molecule has 23 heavy (non-hydrogen) atoms. The highest BCUT2D eigenvalue weighted by Crippen LogP contribution is 2.43. The number of urea groups is 1. The number of carbonyl (C=O) groups excluding carboxylic acids is 1. The number of aromatic nitrogens is 1. The lowest BCUT2D eigenvalue weighted by Crippen LogP contribution is -2.43. The van der Waals surface area contributed by atoms with Crippen LogP contribution in [0.1, 0.15) is 31.2 Å². The van der Waals surface area contributed by atoms with E-state index in [4.69, 9.17) is 4.74 Å². The summed E-state index contributed by atoms with van der Waals surface area (Å²) in [5.41, 5.74) is 0.619. The Kier molecular flexibility index (Phi) is 4.61. The third kappa shape index (κ3) is 4.07. The van der Waals surface area contributed by atoms with Crippen molar-refractivity contribution in [2.45, 2.75) is 50.5 Å². The van der Waals surface area contributed by atoms with Crippen molar-refractivity contribution in [2.75, 3.05) is 6.61 Å². The van der Waals surface area contributed by atoms with Gasteiger partial charge >= 0.3 is 12.6 Å². The highest BCUT2D eigenvalue weighted by Gasteiger charge is 2.45. The molecule has 1 spiro atoms. The molecule has 3 rings (SSSR count). The molecule has 1 saturated heterocycles. The molecule has 0 radical (unpaired) electrons. The molecule has 1 atom stereocenters. The van der Waals surface area contributed by atoms with Crippen LogP contribution in [0.3, 0.4) is 0 Å². The molecule has 1 aromatic rings. The molecule has 0 aromatic carbocycles. The summed E-state index contributed by atoms with van der Waals surface area (Å²) >= 11 is 0. The fourth-order valence-corrected chi connectivity index (χ4v) is 2.99. The monoisotopic (exact) mass is 327 g/mol. The minimum absolute atomic E-state index is 0.00937. The lowest BCUT2D eigenvalue weighted by atomic mass is 9.77. The molecule has 2 heterocycles. The van der Waals surface area contributed by atoms with Crippen molar-refractivity contribution in [2.24, 2.45) is 0 Å². The molecule has 6 nitrogen and oxygen atoms in total. The molecule has 126 valence electrons. The normalized spacial score (nSPS) is 22.0. The Bertz CT molecular complexity index is 567. The molecule has 1 aliphatic carbocycles. The van der Waals surface area contributed by atoms with Gasteiger partial charge in [-0.05, 0) is 37.3 Å². The zero-order chi connectivity index (χ0) is 16.3. The average Bonchev–Trinajstić information content (AvgIpc) is 2.89. The Morgan fingerprint density at radius 1 is 1.52 bits per heavy atom. The standard InChI is InChI=1S/C15H19F2N3O3/c16-13(17)23-12-6-10(2-5-18-12)8-19-14(21)20-11-7-15(22-9-11)3-1-4-15/h2,5-6,11,13H,1,3-4,7-9H2,(H2,19,20,21)/t11-/m0/s1. The number of alkyl halides is 2. The minimum Gasteiger partial charge on any atom is -0.417 e. The van der Waals surface area contributed by atoms with Crippen LogP contribution in [-0.4, -0.2) is 35.9 Å².